The van der Waals surface area contributed by atoms with Gasteiger partial charge in [-0.2, -0.15) is 0 Å². The maximum atomic E-state index is 12.0. The maximum absolute atomic E-state index is 12.0. The molecule has 1 aliphatic carbocycles. The summed E-state index contributed by atoms with van der Waals surface area (Å²) < 4.78 is 0. The van der Waals surface area contributed by atoms with E-state index in [1.54, 1.807) is 30.5 Å². The van der Waals surface area contributed by atoms with Crippen LogP contribution in [0.3, 0.4) is 0 Å². The Morgan fingerprint density at radius 2 is 2.17 bits per heavy atom. The SMILES string of the molecule is O=C(O)c1cccc2c1C1C(=O)C=CC=C1N=C2. The van der Waals surface area contributed by atoms with Gasteiger partial charge in [0.1, 0.15) is 0 Å². The van der Waals surface area contributed by atoms with E-state index in [1.165, 1.54) is 12.1 Å². The van der Waals surface area contributed by atoms with Gasteiger partial charge in [0.15, 0.2) is 5.78 Å². The lowest BCUT2D eigenvalue weighted by Gasteiger charge is -2.24. The van der Waals surface area contributed by atoms with E-state index < -0.39 is 11.9 Å². The minimum Gasteiger partial charge on any atom is -0.478 e. The van der Waals surface area contributed by atoms with E-state index in [4.69, 9.17) is 0 Å². The number of carboxylic acids is 1. The first-order valence-corrected chi connectivity index (χ1v) is 5.51. The monoisotopic (exact) mass is 239 g/mol. The number of rotatable bonds is 1. The number of hydrogen-bond acceptors (Lipinski definition) is 3. The number of hydrogen-bond donors (Lipinski definition) is 1. The average Bonchev–Trinajstić information content (AvgIpc) is 2.37. The van der Waals surface area contributed by atoms with Gasteiger partial charge >= 0.3 is 5.97 Å². The molecule has 1 aromatic carbocycles. The molecule has 1 atom stereocenters. The highest BCUT2D eigenvalue weighted by molar-refractivity contribution is 6.06. The average molecular weight is 239 g/mol. The Morgan fingerprint density at radius 3 is 2.94 bits per heavy atom. The van der Waals surface area contributed by atoms with Gasteiger partial charge in [-0.1, -0.05) is 18.2 Å². The maximum Gasteiger partial charge on any atom is 0.336 e. The lowest BCUT2D eigenvalue weighted by molar-refractivity contribution is -0.115. The Labute approximate surface area is 103 Å². The number of nitrogens with zero attached hydrogens (tertiary/aromatic N) is 1. The van der Waals surface area contributed by atoms with Gasteiger partial charge in [0, 0.05) is 6.21 Å². The van der Waals surface area contributed by atoms with Crippen molar-refractivity contribution in [3.05, 3.63) is 58.8 Å². The van der Waals surface area contributed by atoms with Crippen molar-refractivity contribution < 1.29 is 14.7 Å². The molecule has 3 rings (SSSR count). The Hall–Kier alpha value is -2.49. The molecule has 1 N–H and O–H groups in total. The molecule has 1 heterocycles. The smallest absolute Gasteiger partial charge is 0.336 e. The fourth-order valence-electron chi connectivity index (χ4n) is 2.34. The van der Waals surface area contributed by atoms with Crippen LogP contribution >= 0.6 is 0 Å². The van der Waals surface area contributed by atoms with Crippen LogP contribution in [0.4, 0.5) is 0 Å². The summed E-state index contributed by atoms with van der Waals surface area (Å²) in [7, 11) is 0. The highest BCUT2D eigenvalue weighted by Crippen LogP contribution is 2.36. The minimum absolute atomic E-state index is 0.126. The van der Waals surface area contributed by atoms with Crippen molar-refractivity contribution in [3.63, 3.8) is 0 Å². The van der Waals surface area contributed by atoms with Gasteiger partial charge in [-0.15, -0.1) is 0 Å². The lowest BCUT2D eigenvalue weighted by Crippen LogP contribution is -2.22. The Balaban J connectivity index is 2.29. The van der Waals surface area contributed by atoms with Crippen molar-refractivity contribution in [1.29, 1.82) is 0 Å². The second-order valence-electron chi connectivity index (χ2n) is 4.16. The van der Waals surface area contributed by atoms with E-state index in [2.05, 4.69) is 4.99 Å². The fourth-order valence-corrected chi connectivity index (χ4v) is 2.34. The number of fused-ring (bicyclic) bond motifs is 3. The van der Waals surface area contributed by atoms with E-state index in [0.29, 0.717) is 16.8 Å². The summed E-state index contributed by atoms with van der Waals surface area (Å²) in [5.41, 5.74) is 2.00. The van der Waals surface area contributed by atoms with Crippen LogP contribution in [0.1, 0.15) is 27.4 Å². The molecular weight excluding hydrogens is 230 g/mol. The van der Waals surface area contributed by atoms with Gasteiger partial charge in [0.2, 0.25) is 0 Å². The Bertz CT molecular complexity index is 653. The van der Waals surface area contributed by atoms with E-state index in [1.807, 2.05) is 0 Å². The summed E-state index contributed by atoms with van der Waals surface area (Å²) in [5.74, 6) is -1.73. The normalized spacial score (nSPS) is 20.1. The van der Waals surface area contributed by atoms with Gasteiger partial charge in [-0.3, -0.25) is 9.79 Å². The Morgan fingerprint density at radius 1 is 1.33 bits per heavy atom. The second kappa shape index (κ2) is 3.77. The van der Waals surface area contributed by atoms with E-state index in [0.717, 1.165) is 0 Å². The number of aromatic carboxylic acids is 1. The molecule has 88 valence electrons. The third kappa shape index (κ3) is 1.43. The van der Waals surface area contributed by atoms with Crippen molar-refractivity contribution in [2.75, 3.05) is 0 Å². The van der Waals surface area contributed by atoms with Crippen molar-refractivity contribution in [2.24, 2.45) is 4.99 Å². The predicted molar refractivity (Wildman–Crippen MR) is 66.0 cm³/mol. The molecule has 4 heteroatoms. The van der Waals surface area contributed by atoms with Crippen LogP contribution in [0.5, 0.6) is 0 Å². The second-order valence-corrected chi connectivity index (χ2v) is 4.16. The summed E-state index contributed by atoms with van der Waals surface area (Å²) in [6.07, 6.45) is 6.44. The van der Waals surface area contributed by atoms with Crippen LogP contribution in [0.25, 0.3) is 0 Å². The van der Waals surface area contributed by atoms with Gasteiger partial charge in [-0.05, 0) is 29.3 Å². The highest BCUT2D eigenvalue weighted by atomic mass is 16.4. The van der Waals surface area contributed by atoms with E-state index >= 15 is 0 Å². The molecule has 1 aliphatic heterocycles. The summed E-state index contributed by atoms with van der Waals surface area (Å²) in [6.45, 7) is 0. The number of carboxylic acid groups (broad SMARTS) is 1. The summed E-state index contributed by atoms with van der Waals surface area (Å²) >= 11 is 0. The zero-order valence-electron chi connectivity index (χ0n) is 9.33. The first kappa shape index (κ1) is 10.7. The molecule has 0 bridgehead atoms. The number of benzene rings is 1. The van der Waals surface area contributed by atoms with Crippen LogP contribution < -0.4 is 0 Å². The largest absolute Gasteiger partial charge is 0.478 e. The van der Waals surface area contributed by atoms with E-state index in [-0.39, 0.29) is 11.3 Å². The summed E-state index contributed by atoms with van der Waals surface area (Å²) in [6, 6.07) is 4.95. The molecule has 0 saturated carbocycles. The third-order valence-electron chi connectivity index (χ3n) is 3.12. The van der Waals surface area contributed by atoms with E-state index in [9.17, 15) is 14.7 Å². The van der Waals surface area contributed by atoms with Gasteiger partial charge < -0.3 is 5.11 Å². The molecule has 0 aromatic heterocycles. The van der Waals surface area contributed by atoms with Crippen molar-refractivity contribution in [3.8, 4) is 0 Å². The van der Waals surface area contributed by atoms with Crippen LogP contribution in [0, 0.1) is 0 Å². The molecule has 0 saturated heterocycles. The summed E-state index contributed by atoms with van der Waals surface area (Å²) in [5, 5.41) is 9.22. The zero-order valence-corrected chi connectivity index (χ0v) is 9.33. The predicted octanol–water partition coefficient (Wildman–Crippen LogP) is 1.92. The molecule has 0 fully saturated rings. The molecule has 1 aromatic rings. The lowest BCUT2D eigenvalue weighted by atomic mass is 9.81. The first-order valence-electron chi connectivity index (χ1n) is 5.51. The summed E-state index contributed by atoms with van der Waals surface area (Å²) in [4.78, 5) is 27.4. The minimum atomic E-state index is -1.02. The number of carbonyl (C=O) groups is 2. The topological polar surface area (TPSA) is 66.7 Å². The van der Waals surface area contributed by atoms with Crippen molar-refractivity contribution >= 4 is 18.0 Å². The van der Waals surface area contributed by atoms with Crippen LogP contribution in [-0.2, 0) is 4.79 Å². The van der Waals surface area contributed by atoms with Gasteiger partial charge in [0.25, 0.3) is 0 Å². The van der Waals surface area contributed by atoms with Crippen molar-refractivity contribution in [1.82, 2.24) is 0 Å². The first-order chi connectivity index (χ1) is 8.68. The number of aliphatic imine (C=N–C) groups is 1. The van der Waals surface area contributed by atoms with Gasteiger partial charge in [-0.25, -0.2) is 4.79 Å². The van der Waals surface area contributed by atoms with Crippen molar-refractivity contribution in [2.45, 2.75) is 5.92 Å². The van der Waals surface area contributed by atoms with Crippen LogP contribution in [-0.4, -0.2) is 23.1 Å². The number of carbonyl (C=O) groups excluding carboxylic acids is 1. The van der Waals surface area contributed by atoms with Crippen LogP contribution in [0.15, 0.2) is 47.1 Å². The molecule has 18 heavy (non-hydrogen) atoms. The molecule has 2 aliphatic rings. The standard InChI is InChI=1S/C14H9NO3/c16-11-6-2-5-10-13(11)12-8(7-15-10)3-1-4-9(12)14(17)18/h1-7,13H,(H,17,18). The zero-order chi connectivity index (χ0) is 12.7. The quantitative estimate of drug-likeness (QED) is 0.814. The molecule has 0 radical (unpaired) electrons. The molecule has 0 amide bonds. The Kier molecular flexibility index (Phi) is 2.23. The molecule has 1 unspecified atom stereocenters. The van der Waals surface area contributed by atoms with Crippen LogP contribution in [0.2, 0.25) is 0 Å². The highest BCUT2D eigenvalue weighted by Gasteiger charge is 2.32. The number of ketones is 1. The fraction of sp³-hybridized carbons (Fsp3) is 0.0714. The molecular formula is C14H9NO3. The van der Waals surface area contributed by atoms with Gasteiger partial charge in [0.05, 0.1) is 17.2 Å². The third-order valence-corrected chi connectivity index (χ3v) is 3.12. The molecule has 4 nitrogen and oxygen atoms in total. The molecule has 0 spiro atoms. The number of allylic oxidation sites excluding steroid dienone is 4.